The zero-order chi connectivity index (χ0) is 14.2. The van der Waals surface area contributed by atoms with Crippen molar-refractivity contribution in [2.24, 2.45) is 11.3 Å². The van der Waals surface area contributed by atoms with Crippen molar-refractivity contribution in [3.8, 4) is 0 Å². The molecule has 0 aliphatic carbocycles. The maximum absolute atomic E-state index is 12.7. The summed E-state index contributed by atoms with van der Waals surface area (Å²) in [6, 6.07) is 4.28. The molecule has 4 heteroatoms. The third-order valence-electron chi connectivity index (χ3n) is 4.83. The highest BCUT2D eigenvalue weighted by Crippen LogP contribution is 2.45. The quantitative estimate of drug-likeness (QED) is 0.796. The molecule has 0 bridgehead atoms. The first-order chi connectivity index (χ1) is 9.65. The van der Waals surface area contributed by atoms with E-state index in [1.165, 1.54) is 4.88 Å². The molecular weight excluding hydrogens is 268 g/mol. The first-order valence-corrected chi connectivity index (χ1v) is 8.19. The number of likely N-dealkylation sites (tertiary alicyclic amines) is 2. The second-order valence-corrected chi connectivity index (χ2v) is 7.13. The molecule has 1 aromatic rings. The second kappa shape index (κ2) is 5.34. The Bertz CT molecular complexity index is 499. The Kier molecular flexibility index (Phi) is 3.69. The predicted molar refractivity (Wildman–Crippen MR) is 82.6 cm³/mol. The van der Waals surface area contributed by atoms with Gasteiger partial charge >= 0.3 is 0 Å². The van der Waals surface area contributed by atoms with E-state index in [1.807, 2.05) is 11.0 Å². The Labute approximate surface area is 124 Å². The van der Waals surface area contributed by atoms with E-state index < -0.39 is 0 Å². The van der Waals surface area contributed by atoms with Crippen molar-refractivity contribution in [2.45, 2.75) is 19.9 Å². The lowest BCUT2D eigenvalue weighted by atomic mass is 9.78. The minimum absolute atomic E-state index is 0.139. The van der Waals surface area contributed by atoms with Crippen LogP contribution in [0.2, 0.25) is 0 Å². The molecule has 0 aromatic carbocycles. The van der Waals surface area contributed by atoms with E-state index in [4.69, 9.17) is 0 Å². The lowest BCUT2D eigenvalue weighted by molar-refractivity contribution is -0.136. The van der Waals surface area contributed by atoms with Gasteiger partial charge in [-0.3, -0.25) is 9.69 Å². The summed E-state index contributed by atoms with van der Waals surface area (Å²) in [6.45, 7) is 10.5. The monoisotopic (exact) mass is 290 g/mol. The van der Waals surface area contributed by atoms with Crippen LogP contribution in [0.3, 0.4) is 0 Å². The first-order valence-electron chi connectivity index (χ1n) is 7.31. The zero-order valence-electron chi connectivity index (χ0n) is 12.0. The fraction of sp³-hybridized carbons (Fsp3) is 0.562. The molecule has 2 saturated heterocycles. The molecule has 20 heavy (non-hydrogen) atoms. The number of hydrogen-bond donors (Lipinski definition) is 0. The molecule has 2 aliphatic rings. The molecule has 2 aliphatic heterocycles. The van der Waals surface area contributed by atoms with Gasteiger partial charge in [-0.1, -0.05) is 19.1 Å². The van der Waals surface area contributed by atoms with Crippen molar-refractivity contribution in [2.75, 3.05) is 26.2 Å². The summed E-state index contributed by atoms with van der Waals surface area (Å²) in [5.74, 6) is 0.795. The molecule has 0 unspecified atom stereocenters. The SMILES string of the molecule is C=CCN1CC[C@]2(CN(Cc3cccs3)C[C@H]2C)C1=O. The minimum atomic E-state index is -0.139. The summed E-state index contributed by atoms with van der Waals surface area (Å²) in [6.07, 6.45) is 2.84. The van der Waals surface area contributed by atoms with Crippen LogP contribution in [0.5, 0.6) is 0 Å². The third-order valence-corrected chi connectivity index (χ3v) is 5.69. The lowest BCUT2D eigenvalue weighted by Crippen LogP contribution is -2.39. The highest BCUT2D eigenvalue weighted by Gasteiger charge is 2.54. The molecular formula is C16H22N2OS. The maximum Gasteiger partial charge on any atom is 0.230 e. The Morgan fingerprint density at radius 3 is 3.15 bits per heavy atom. The summed E-state index contributed by atoms with van der Waals surface area (Å²) >= 11 is 1.80. The van der Waals surface area contributed by atoms with Gasteiger partial charge in [0.25, 0.3) is 0 Å². The van der Waals surface area contributed by atoms with Crippen molar-refractivity contribution in [3.63, 3.8) is 0 Å². The molecule has 108 valence electrons. The summed E-state index contributed by atoms with van der Waals surface area (Å²) in [7, 11) is 0. The van der Waals surface area contributed by atoms with Gasteiger partial charge in [-0.25, -0.2) is 0 Å². The van der Waals surface area contributed by atoms with Gasteiger partial charge in [-0.05, 0) is 23.8 Å². The van der Waals surface area contributed by atoms with Crippen molar-refractivity contribution >= 4 is 17.2 Å². The molecule has 1 spiro atoms. The number of hydrogen-bond acceptors (Lipinski definition) is 3. The molecule has 3 rings (SSSR count). The van der Waals surface area contributed by atoms with Crippen LogP contribution in [0, 0.1) is 11.3 Å². The second-order valence-electron chi connectivity index (χ2n) is 6.10. The number of carbonyl (C=O) groups is 1. The smallest absolute Gasteiger partial charge is 0.230 e. The number of nitrogens with zero attached hydrogens (tertiary/aromatic N) is 2. The van der Waals surface area contributed by atoms with Crippen LogP contribution in [-0.2, 0) is 11.3 Å². The van der Waals surface area contributed by atoms with Gasteiger partial charge in [0.05, 0.1) is 5.41 Å². The average molecular weight is 290 g/mol. The normalized spacial score (nSPS) is 30.6. The van der Waals surface area contributed by atoms with E-state index >= 15 is 0 Å². The van der Waals surface area contributed by atoms with Crippen LogP contribution < -0.4 is 0 Å². The number of amides is 1. The summed E-state index contributed by atoms with van der Waals surface area (Å²) in [4.78, 5) is 18.5. The molecule has 2 fully saturated rings. The van der Waals surface area contributed by atoms with Crippen LogP contribution in [0.1, 0.15) is 18.2 Å². The van der Waals surface area contributed by atoms with Crippen LogP contribution in [0.4, 0.5) is 0 Å². The zero-order valence-corrected chi connectivity index (χ0v) is 12.9. The van der Waals surface area contributed by atoms with E-state index in [9.17, 15) is 4.79 Å². The number of carbonyl (C=O) groups excluding carboxylic acids is 1. The van der Waals surface area contributed by atoms with Crippen molar-refractivity contribution in [1.82, 2.24) is 9.80 Å². The van der Waals surface area contributed by atoms with E-state index in [1.54, 1.807) is 11.3 Å². The van der Waals surface area contributed by atoms with E-state index in [0.29, 0.717) is 18.4 Å². The van der Waals surface area contributed by atoms with Gasteiger partial charge in [0, 0.05) is 37.6 Å². The fourth-order valence-electron chi connectivity index (χ4n) is 3.72. The van der Waals surface area contributed by atoms with Crippen LogP contribution >= 0.6 is 11.3 Å². The summed E-state index contributed by atoms with van der Waals surface area (Å²) in [5, 5.41) is 2.12. The minimum Gasteiger partial charge on any atom is -0.338 e. The van der Waals surface area contributed by atoms with Crippen molar-refractivity contribution in [3.05, 3.63) is 35.0 Å². The lowest BCUT2D eigenvalue weighted by Gasteiger charge is -2.26. The Morgan fingerprint density at radius 1 is 1.60 bits per heavy atom. The summed E-state index contributed by atoms with van der Waals surface area (Å²) in [5.41, 5.74) is -0.139. The molecule has 3 nitrogen and oxygen atoms in total. The highest BCUT2D eigenvalue weighted by molar-refractivity contribution is 7.09. The van der Waals surface area contributed by atoms with Crippen molar-refractivity contribution < 1.29 is 4.79 Å². The van der Waals surface area contributed by atoms with Gasteiger partial charge in [0.1, 0.15) is 0 Å². The maximum atomic E-state index is 12.7. The molecule has 1 aromatic heterocycles. The van der Waals surface area contributed by atoms with Gasteiger partial charge in [-0.15, -0.1) is 17.9 Å². The van der Waals surface area contributed by atoms with Crippen LogP contribution in [0.15, 0.2) is 30.2 Å². The topological polar surface area (TPSA) is 23.6 Å². The fourth-order valence-corrected chi connectivity index (χ4v) is 4.46. The Balaban J connectivity index is 1.72. The predicted octanol–water partition coefficient (Wildman–Crippen LogP) is 2.60. The van der Waals surface area contributed by atoms with Gasteiger partial charge in [0.2, 0.25) is 5.91 Å². The van der Waals surface area contributed by atoms with E-state index in [0.717, 1.165) is 32.6 Å². The first kappa shape index (κ1) is 13.8. The average Bonchev–Trinajstić information content (AvgIpc) is 3.09. The number of rotatable bonds is 4. The van der Waals surface area contributed by atoms with Gasteiger partial charge in [0.15, 0.2) is 0 Å². The molecule has 2 atom stereocenters. The van der Waals surface area contributed by atoms with Crippen molar-refractivity contribution in [1.29, 1.82) is 0 Å². The van der Waals surface area contributed by atoms with E-state index in [2.05, 4.69) is 35.9 Å². The van der Waals surface area contributed by atoms with Gasteiger partial charge < -0.3 is 4.90 Å². The largest absolute Gasteiger partial charge is 0.338 e. The molecule has 0 radical (unpaired) electrons. The highest BCUT2D eigenvalue weighted by atomic mass is 32.1. The number of thiophene rings is 1. The van der Waals surface area contributed by atoms with Gasteiger partial charge in [-0.2, -0.15) is 0 Å². The van der Waals surface area contributed by atoms with Crippen LogP contribution in [-0.4, -0.2) is 41.9 Å². The Morgan fingerprint density at radius 2 is 2.45 bits per heavy atom. The molecule has 3 heterocycles. The van der Waals surface area contributed by atoms with Crippen LogP contribution in [0.25, 0.3) is 0 Å². The third kappa shape index (κ3) is 2.21. The molecule has 0 saturated carbocycles. The molecule has 1 amide bonds. The Hall–Kier alpha value is -1.13. The van der Waals surface area contributed by atoms with E-state index in [-0.39, 0.29) is 5.41 Å². The standard InChI is InChI=1S/C16H22N2OS/c1-3-7-18-8-6-16(15(18)19)12-17(10-13(16)2)11-14-5-4-9-20-14/h3-5,9,13H,1,6-8,10-12H2,2H3/t13-,16-/m1/s1. The molecule has 0 N–H and O–H groups in total. The summed E-state index contributed by atoms with van der Waals surface area (Å²) < 4.78 is 0.